The van der Waals surface area contributed by atoms with Gasteiger partial charge in [0.15, 0.2) is 0 Å². The zero-order chi connectivity index (χ0) is 13.8. The molecule has 1 saturated heterocycles. The quantitative estimate of drug-likeness (QED) is 0.776. The molecule has 6 nitrogen and oxygen atoms in total. The van der Waals surface area contributed by atoms with Crippen molar-refractivity contribution >= 4 is 11.9 Å². The van der Waals surface area contributed by atoms with Crippen molar-refractivity contribution in [3.05, 3.63) is 17.5 Å². The van der Waals surface area contributed by atoms with Crippen molar-refractivity contribution in [2.75, 3.05) is 13.7 Å². The highest BCUT2D eigenvalue weighted by atomic mass is 16.5. The third-order valence-electron chi connectivity index (χ3n) is 3.36. The molecule has 0 aliphatic carbocycles. The summed E-state index contributed by atoms with van der Waals surface area (Å²) in [5.74, 6) is -0.262. The molecule has 2 heterocycles. The van der Waals surface area contributed by atoms with Crippen LogP contribution >= 0.6 is 0 Å². The molecule has 2 rings (SSSR count). The summed E-state index contributed by atoms with van der Waals surface area (Å²) in [6, 6.07) is 1.51. The van der Waals surface area contributed by atoms with E-state index in [-0.39, 0.29) is 30.1 Å². The van der Waals surface area contributed by atoms with E-state index in [0.717, 1.165) is 19.3 Å². The van der Waals surface area contributed by atoms with Crippen molar-refractivity contribution in [2.45, 2.75) is 38.6 Å². The average molecular weight is 266 g/mol. The Morgan fingerprint density at radius 3 is 2.95 bits per heavy atom. The molecule has 0 aromatic carbocycles. The number of ether oxygens (including phenoxy) is 1. The fraction of sp³-hybridized carbons (Fsp3) is 0.615. The highest BCUT2D eigenvalue weighted by Crippen LogP contribution is 2.22. The van der Waals surface area contributed by atoms with E-state index >= 15 is 0 Å². The monoisotopic (exact) mass is 266 g/mol. The number of likely N-dealkylation sites (tertiary alicyclic amines) is 1. The summed E-state index contributed by atoms with van der Waals surface area (Å²) in [4.78, 5) is 25.4. The number of rotatable bonds is 3. The van der Waals surface area contributed by atoms with Crippen molar-refractivity contribution in [2.24, 2.45) is 0 Å². The lowest BCUT2D eigenvalue weighted by Crippen LogP contribution is -2.44. The normalized spacial score (nSPS) is 19.3. The van der Waals surface area contributed by atoms with Crippen molar-refractivity contribution < 1.29 is 18.8 Å². The molecular weight excluding hydrogens is 248 g/mol. The predicted octanol–water partition coefficient (Wildman–Crippen LogP) is 1.54. The van der Waals surface area contributed by atoms with E-state index in [1.54, 1.807) is 17.9 Å². The van der Waals surface area contributed by atoms with Gasteiger partial charge in [-0.15, -0.1) is 0 Å². The van der Waals surface area contributed by atoms with Crippen LogP contribution in [0, 0.1) is 6.92 Å². The SMILES string of the molecule is COC(=O)CC1CCCCN1C(=O)c1cc(C)no1. The molecule has 1 aromatic heterocycles. The van der Waals surface area contributed by atoms with Crippen molar-refractivity contribution in [1.29, 1.82) is 0 Å². The van der Waals surface area contributed by atoms with E-state index < -0.39 is 0 Å². The Kier molecular flexibility index (Phi) is 4.19. The molecule has 1 aliphatic heterocycles. The molecule has 1 unspecified atom stereocenters. The van der Waals surface area contributed by atoms with E-state index in [1.807, 2.05) is 0 Å². The van der Waals surface area contributed by atoms with Crippen LogP contribution in [0.4, 0.5) is 0 Å². The number of methoxy groups -OCH3 is 1. The topological polar surface area (TPSA) is 72.6 Å². The molecule has 1 aliphatic rings. The van der Waals surface area contributed by atoms with E-state index in [4.69, 9.17) is 4.52 Å². The minimum absolute atomic E-state index is 0.112. The maximum Gasteiger partial charge on any atom is 0.307 e. The maximum atomic E-state index is 12.3. The second kappa shape index (κ2) is 5.86. The molecule has 0 spiro atoms. The van der Waals surface area contributed by atoms with Crippen LogP contribution in [0.3, 0.4) is 0 Å². The Bertz CT molecular complexity index is 469. The smallest absolute Gasteiger partial charge is 0.307 e. The van der Waals surface area contributed by atoms with E-state index in [1.165, 1.54) is 7.11 Å². The largest absolute Gasteiger partial charge is 0.469 e. The van der Waals surface area contributed by atoms with Gasteiger partial charge in [-0.3, -0.25) is 9.59 Å². The molecule has 0 N–H and O–H groups in total. The first-order chi connectivity index (χ1) is 9.11. The molecule has 1 aromatic rings. The predicted molar refractivity (Wildman–Crippen MR) is 66.5 cm³/mol. The third-order valence-corrected chi connectivity index (χ3v) is 3.36. The number of hydrogen-bond donors (Lipinski definition) is 0. The molecular formula is C13H18N2O4. The first-order valence-corrected chi connectivity index (χ1v) is 6.43. The zero-order valence-electron chi connectivity index (χ0n) is 11.2. The molecule has 1 fully saturated rings. The van der Waals surface area contributed by atoms with Crippen LogP contribution in [0.15, 0.2) is 10.6 Å². The number of aromatic nitrogens is 1. The lowest BCUT2D eigenvalue weighted by atomic mass is 9.99. The number of amides is 1. The van der Waals surface area contributed by atoms with E-state index in [9.17, 15) is 9.59 Å². The highest BCUT2D eigenvalue weighted by molar-refractivity contribution is 5.92. The van der Waals surface area contributed by atoms with Gasteiger partial charge in [0, 0.05) is 18.7 Å². The van der Waals surface area contributed by atoms with Gasteiger partial charge in [-0.2, -0.15) is 0 Å². The summed E-state index contributed by atoms with van der Waals surface area (Å²) in [5.41, 5.74) is 0.671. The highest BCUT2D eigenvalue weighted by Gasteiger charge is 2.31. The second-order valence-corrected chi connectivity index (χ2v) is 4.76. The zero-order valence-corrected chi connectivity index (χ0v) is 11.2. The van der Waals surface area contributed by atoms with Crippen molar-refractivity contribution in [1.82, 2.24) is 10.1 Å². The van der Waals surface area contributed by atoms with Gasteiger partial charge >= 0.3 is 5.97 Å². The summed E-state index contributed by atoms with van der Waals surface area (Å²) >= 11 is 0. The van der Waals surface area contributed by atoms with Gasteiger partial charge in [-0.05, 0) is 26.2 Å². The van der Waals surface area contributed by atoms with Gasteiger partial charge in [-0.1, -0.05) is 5.16 Å². The molecule has 1 amide bonds. The fourth-order valence-corrected chi connectivity index (χ4v) is 2.36. The summed E-state index contributed by atoms with van der Waals surface area (Å²) in [6.07, 6.45) is 3.00. The lowest BCUT2D eigenvalue weighted by molar-refractivity contribution is -0.142. The first-order valence-electron chi connectivity index (χ1n) is 6.43. The van der Waals surface area contributed by atoms with Crippen molar-refractivity contribution in [3.63, 3.8) is 0 Å². The van der Waals surface area contributed by atoms with Crippen LogP contribution < -0.4 is 0 Å². The Balaban J connectivity index is 2.10. The number of hydrogen-bond acceptors (Lipinski definition) is 5. The fourth-order valence-electron chi connectivity index (χ4n) is 2.36. The standard InChI is InChI=1S/C13H18N2O4/c1-9-7-11(19-14-9)13(17)15-6-4-3-5-10(15)8-12(16)18-2/h7,10H,3-6,8H2,1-2H3. The molecule has 19 heavy (non-hydrogen) atoms. The maximum absolute atomic E-state index is 12.3. The van der Waals surface area contributed by atoms with Gasteiger partial charge in [0.2, 0.25) is 5.76 Å². The van der Waals surface area contributed by atoms with E-state index in [0.29, 0.717) is 12.2 Å². The Morgan fingerprint density at radius 2 is 2.32 bits per heavy atom. The van der Waals surface area contributed by atoms with Gasteiger partial charge in [0.05, 0.1) is 19.2 Å². The molecule has 1 atom stereocenters. The third kappa shape index (κ3) is 3.13. The first kappa shape index (κ1) is 13.6. The van der Waals surface area contributed by atoms with Gasteiger partial charge < -0.3 is 14.2 Å². The number of esters is 1. The number of carbonyl (C=O) groups excluding carboxylic acids is 2. The minimum Gasteiger partial charge on any atom is -0.469 e. The molecule has 104 valence electrons. The molecule has 0 saturated carbocycles. The number of aryl methyl sites for hydroxylation is 1. The second-order valence-electron chi connectivity index (χ2n) is 4.76. The van der Waals surface area contributed by atoms with Gasteiger partial charge in [0.1, 0.15) is 0 Å². The molecule has 0 bridgehead atoms. The summed E-state index contributed by atoms with van der Waals surface area (Å²) in [6.45, 7) is 2.41. The van der Waals surface area contributed by atoms with Crippen LogP contribution in [-0.2, 0) is 9.53 Å². The summed E-state index contributed by atoms with van der Waals surface area (Å²) < 4.78 is 9.68. The average Bonchev–Trinajstić information content (AvgIpc) is 2.85. The van der Waals surface area contributed by atoms with Gasteiger partial charge in [-0.25, -0.2) is 0 Å². The van der Waals surface area contributed by atoms with Crippen LogP contribution in [0.25, 0.3) is 0 Å². The van der Waals surface area contributed by atoms with Crippen LogP contribution in [0.5, 0.6) is 0 Å². The number of carbonyl (C=O) groups is 2. The Morgan fingerprint density at radius 1 is 1.53 bits per heavy atom. The number of nitrogens with zero attached hydrogens (tertiary/aromatic N) is 2. The minimum atomic E-state index is -0.293. The molecule has 6 heteroatoms. The van der Waals surface area contributed by atoms with Crippen LogP contribution in [0.2, 0.25) is 0 Å². The Hall–Kier alpha value is -1.85. The molecule has 0 radical (unpaired) electrons. The van der Waals surface area contributed by atoms with Crippen LogP contribution in [-0.4, -0.2) is 41.6 Å². The van der Waals surface area contributed by atoms with Crippen LogP contribution in [0.1, 0.15) is 41.9 Å². The van der Waals surface area contributed by atoms with Crippen molar-refractivity contribution in [3.8, 4) is 0 Å². The summed E-state index contributed by atoms with van der Waals surface area (Å²) in [7, 11) is 1.36. The lowest BCUT2D eigenvalue weighted by Gasteiger charge is -2.34. The van der Waals surface area contributed by atoms with Gasteiger partial charge in [0.25, 0.3) is 5.91 Å². The summed E-state index contributed by atoms with van der Waals surface area (Å²) in [5, 5.41) is 3.72. The van der Waals surface area contributed by atoms with E-state index in [2.05, 4.69) is 9.89 Å². The number of piperidine rings is 1. The Labute approximate surface area is 111 Å².